The second-order valence-electron chi connectivity index (χ2n) is 14.6. The van der Waals surface area contributed by atoms with Gasteiger partial charge in [-0.3, -0.25) is 9.59 Å². The number of nitrogens with one attached hydrogen (secondary N) is 4. The molecule has 4 amide bonds. The van der Waals surface area contributed by atoms with Crippen LogP contribution in [0.3, 0.4) is 0 Å². The molecule has 280 valence electrons. The molecule has 0 aliphatic carbocycles. The number of aromatic nitrogens is 4. The smallest absolute Gasteiger partial charge is 0.407 e. The normalized spacial score (nSPS) is 21.1. The van der Waals surface area contributed by atoms with Gasteiger partial charge in [0.25, 0.3) is 0 Å². The van der Waals surface area contributed by atoms with E-state index in [1.807, 2.05) is 38.1 Å². The van der Waals surface area contributed by atoms with Gasteiger partial charge in [0.05, 0.1) is 31.6 Å². The average molecular weight is 725 g/mol. The minimum absolute atomic E-state index is 0.128. The van der Waals surface area contributed by atoms with Gasteiger partial charge in [-0.15, -0.1) is 0 Å². The van der Waals surface area contributed by atoms with E-state index in [9.17, 15) is 24.3 Å². The summed E-state index contributed by atoms with van der Waals surface area (Å²) < 4.78 is 4.74. The summed E-state index contributed by atoms with van der Waals surface area (Å²) >= 11 is 0. The molecule has 14 nitrogen and oxygen atoms in total. The van der Waals surface area contributed by atoms with E-state index in [0.29, 0.717) is 49.0 Å². The predicted octanol–water partition coefficient (Wildman–Crippen LogP) is 4.57. The van der Waals surface area contributed by atoms with Gasteiger partial charge in [0, 0.05) is 24.2 Å². The zero-order valence-electron chi connectivity index (χ0n) is 31.2. The Labute approximate surface area is 309 Å². The van der Waals surface area contributed by atoms with Gasteiger partial charge < -0.3 is 40.2 Å². The summed E-state index contributed by atoms with van der Waals surface area (Å²) in [5.74, 6) is 13.7. The lowest BCUT2D eigenvalue weighted by molar-refractivity contribution is -0.139. The third-order valence-corrected chi connectivity index (χ3v) is 9.91. The van der Waals surface area contributed by atoms with Crippen LogP contribution in [-0.2, 0) is 14.3 Å². The van der Waals surface area contributed by atoms with Crippen molar-refractivity contribution in [1.29, 1.82) is 0 Å². The third kappa shape index (κ3) is 9.01. The summed E-state index contributed by atoms with van der Waals surface area (Å²) in [7, 11) is 1.27. The number of rotatable bonds is 8. The summed E-state index contributed by atoms with van der Waals surface area (Å²) in [4.78, 5) is 69.5. The van der Waals surface area contributed by atoms with Gasteiger partial charge in [0.15, 0.2) is 0 Å². The molecule has 2 aromatic heterocycles. The number of benzene rings is 1. The molecule has 3 aromatic rings. The first-order chi connectivity index (χ1) is 25.2. The zero-order chi connectivity index (χ0) is 38.4. The van der Waals surface area contributed by atoms with Crippen LogP contribution in [0.25, 0.3) is 0 Å². The summed E-state index contributed by atoms with van der Waals surface area (Å²) in [6, 6.07) is 6.23. The summed E-state index contributed by atoms with van der Waals surface area (Å²) in [5.41, 5.74) is 1.55. The van der Waals surface area contributed by atoms with E-state index in [1.54, 1.807) is 36.0 Å². The van der Waals surface area contributed by atoms with Gasteiger partial charge in [0.1, 0.15) is 34.6 Å². The molecular formula is C39H48N8O6. The fraction of sp³-hybridized carbons (Fsp3) is 0.487. The molecule has 5 N–H and O–H groups in total. The average Bonchev–Trinajstić information content (AvgIpc) is 3.94. The number of hydrogen-bond donors (Lipinski definition) is 5. The molecule has 0 saturated carbocycles. The SMILES string of the molecule is CC[C@](C)(NC(=O)O)C(=O)N1C[C@@H](C)C[C@H]1c1ncc(C#Cc2ccc(C#Cc3cnc([C@@H]4C[C@H](C)CN4C(=O)[C@@H](NC(=O)OC)C(C)C)[nH]3)cc2)[nH]1. The standard InChI is InChI=1S/C39H48N8O6/c1-8-39(6,45-37(50)51)36(49)47-22-25(5)18-31(47)34-41-20-29(43-34)16-14-27-11-9-26(10-12-27)13-15-28-19-40-33(42-28)30-17-24(4)21-46(30)35(48)32(23(2)3)44-38(52)53-7/h9-12,19-20,23-25,30-32,45H,8,17-18,21-22H2,1-7H3,(H,40,42)(H,41,43)(H,44,52)(H,50,51)/t24-,25-,30-,31-,32-,39-/m0/s1. The Morgan fingerprint density at radius 1 is 0.906 bits per heavy atom. The Bertz CT molecular complexity index is 1950. The van der Waals surface area contributed by atoms with Gasteiger partial charge in [-0.1, -0.05) is 46.5 Å². The molecule has 0 spiro atoms. The molecule has 2 aliphatic heterocycles. The number of methoxy groups -OCH3 is 1. The highest BCUT2D eigenvalue weighted by Crippen LogP contribution is 2.36. The number of nitrogens with zero attached hydrogens (tertiary/aromatic N) is 4. The van der Waals surface area contributed by atoms with Crippen LogP contribution in [0.2, 0.25) is 0 Å². The second-order valence-corrected chi connectivity index (χ2v) is 14.6. The largest absolute Gasteiger partial charge is 0.465 e. The molecule has 2 saturated heterocycles. The number of likely N-dealkylation sites (tertiary alicyclic amines) is 2. The first-order valence-corrected chi connectivity index (χ1v) is 17.9. The molecule has 6 atom stereocenters. The molecule has 0 bridgehead atoms. The second kappa shape index (κ2) is 16.3. The van der Waals surface area contributed by atoms with Crippen molar-refractivity contribution in [2.24, 2.45) is 17.8 Å². The topological polar surface area (TPSA) is 186 Å². The van der Waals surface area contributed by atoms with E-state index in [2.05, 4.69) is 68.1 Å². The number of H-pyrrole nitrogens is 2. The van der Waals surface area contributed by atoms with Crippen molar-refractivity contribution in [2.75, 3.05) is 20.2 Å². The third-order valence-electron chi connectivity index (χ3n) is 9.91. The zero-order valence-corrected chi connectivity index (χ0v) is 31.2. The molecule has 1 aromatic carbocycles. The maximum absolute atomic E-state index is 13.5. The summed E-state index contributed by atoms with van der Waals surface area (Å²) in [6.07, 6.45) is 3.18. The van der Waals surface area contributed by atoms with Crippen LogP contribution < -0.4 is 10.6 Å². The fourth-order valence-electron chi connectivity index (χ4n) is 6.86. The van der Waals surface area contributed by atoms with Crippen molar-refractivity contribution in [1.82, 2.24) is 40.4 Å². The number of carboxylic acid groups (broad SMARTS) is 1. The van der Waals surface area contributed by atoms with Crippen molar-refractivity contribution in [2.45, 2.75) is 84.5 Å². The maximum Gasteiger partial charge on any atom is 0.407 e. The van der Waals surface area contributed by atoms with Crippen LogP contribution in [-0.4, -0.2) is 90.6 Å². The Kier molecular flexibility index (Phi) is 11.8. The van der Waals surface area contributed by atoms with Crippen molar-refractivity contribution >= 4 is 24.0 Å². The van der Waals surface area contributed by atoms with Crippen LogP contribution in [0.15, 0.2) is 36.7 Å². The van der Waals surface area contributed by atoms with Gasteiger partial charge in [-0.2, -0.15) is 0 Å². The molecule has 4 heterocycles. The van der Waals surface area contributed by atoms with Crippen LogP contribution in [0.5, 0.6) is 0 Å². The van der Waals surface area contributed by atoms with E-state index >= 15 is 0 Å². The maximum atomic E-state index is 13.5. The van der Waals surface area contributed by atoms with Crippen LogP contribution in [0, 0.1) is 41.4 Å². The lowest BCUT2D eigenvalue weighted by Gasteiger charge is -2.34. The Morgan fingerprint density at radius 3 is 1.85 bits per heavy atom. The van der Waals surface area contributed by atoms with Crippen molar-refractivity contribution < 1.29 is 29.0 Å². The number of imidazole rings is 2. The highest BCUT2D eigenvalue weighted by molar-refractivity contribution is 5.90. The lowest BCUT2D eigenvalue weighted by atomic mass is 9.96. The van der Waals surface area contributed by atoms with Crippen molar-refractivity contribution in [3.05, 3.63) is 70.8 Å². The van der Waals surface area contributed by atoms with Crippen LogP contribution in [0.4, 0.5) is 9.59 Å². The van der Waals surface area contributed by atoms with Crippen molar-refractivity contribution in [3.8, 4) is 23.7 Å². The van der Waals surface area contributed by atoms with E-state index < -0.39 is 23.8 Å². The first-order valence-electron chi connectivity index (χ1n) is 17.9. The highest BCUT2D eigenvalue weighted by atomic mass is 16.5. The summed E-state index contributed by atoms with van der Waals surface area (Å²) in [6.45, 7) is 12.4. The summed E-state index contributed by atoms with van der Waals surface area (Å²) in [5, 5.41) is 14.4. The molecule has 53 heavy (non-hydrogen) atoms. The van der Waals surface area contributed by atoms with E-state index in [4.69, 9.17) is 4.74 Å². The number of aromatic amines is 2. The minimum Gasteiger partial charge on any atom is -0.465 e. The first kappa shape index (κ1) is 38.5. The van der Waals surface area contributed by atoms with E-state index in [-0.39, 0.29) is 41.7 Å². The van der Waals surface area contributed by atoms with Crippen LogP contribution >= 0.6 is 0 Å². The Balaban J connectivity index is 1.23. The molecule has 5 rings (SSSR count). The molecule has 2 fully saturated rings. The van der Waals surface area contributed by atoms with E-state index in [1.165, 1.54) is 7.11 Å². The Morgan fingerprint density at radius 2 is 1.40 bits per heavy atom. The van der Waals surface area contributed by atoms with Crippen LogP contribution in [0.1, 0.15) is 107 Å². The lowest BCUT2D eigenvalue weighted by Crippen LogP contribution is -2.57. The number of carbonyl (C=O) groups excluding carboxylic acids is 3. The number of carbonyl (C=O) groups is 4. The van der Waals surface area contributed by atoms with Crippen molar-refractivity contribution in [3.63, 3.8) is 0 Å². The van der Waals surface area contributed by atoms with Gasteiger partial charge in [-0.05, 0) is 80.0 Å². The highest BCUT2D eigenvalue weighted by Gasteiger charge is 2.44. The molecule has 0 radical (unpaired) electrons. The molecule has 0 unspecified atom stereocenters. The molecule has 14 heteroatoms. The number of hydrogen-bond acceptors (Lipinski definition) is 7. The molecule has 2 aliphatic rings. The quantitative estimate of drug-likeness (QED) is 0.209. The fourth-order valence-corrected chi connectivity index (χ4v) is 6.86. The van der Waals surface area contributed by atoms with Gasteiger partial charge in [-0.25, -0.2) is 19.6 Å². The minimum atomic E-state index is -1.24. The molecular weight excluding hydrogens is 676 g/mol. The predicted molar refractivity (Wildman–Crippen MR) is 196 cm³/mol. The number of amides is 4. The van der Waals surface area contributed by atoms with Gasteiger partial charge in [0.2, 0.25) is 11.8 Å². The van der Waals surface area contributed by atoms with Gasteiger partial charge >= 0.3 is 12.2 Å². The monoisotopic (exact) mass is 724 g/mol. The Hall–Kier alpha value is -5.76. The van der Waals surface area contributed by atoms with E-state index in [0.717, 1.165) is 17.5 Å². The number of ether oxygens (including phenoxy) is 1. The number of alkyl carbamates (subject to hydrolysis) is 1.